The quantitative estimate of drug-likeness (QED) is 0.834. The fraction of sp³-hybridized carbons (Fsp3) is 0.500. The van der Waals surface area contributed by atoms with Gasteiger partial charge in [0, 0.05) is 12.0 Å². The lowest BCUT2D eigenvalue weighted by atomic mass is 9.84. The van der Waals surface area contributed by atoms with Crippen LogP contribution < -0.4 is 20.1 Å². The summed E-state index contributed by atoms with van der Waals surface area (Å²) in [5.41, 5.74) is 0.950. The number of carbonyl (C=O) groups excluding carboxylic acids is 1. The maximum absolute atomic E-state index is 11.5. The van der Waals surface area contributed by atoms with Gasteiger partial charge < -0.3 is 20.1 Å². The number of amides is 1. The van der Waals surface area contributed by atoms with Crippen molar-refractivity contribution in [2.45, 2.75) is 19.3 Å². The zero-order valence-corrected chi connectivity index (χ0v) is 11.6. The van der Waals surface area contributed by atoms with Crippen molar-refractivity contribution in [2.75, 3.05) is 26.9 Å². The van der Waals surface area contributed by atoms with Crippen molar-refractivity contribution in [3.63, 3.8) is 0 Å². The molecule has 0 spiro atoms. The van der Waals surface area contributed by atoms with Crippen LogP contribution in [-0.2, 0) is 10.2 Å². The highest BCUT2D eigenvalue weighted by atomic mass is 16.7. The second kappa shape index (κ2) is 5.48. The molecule has 0 radical (unpaired) electrons. The van der Waals surface area contributed by atoms with Gasteiger partial charge in [0.25, 0.3) is 0 Å². The fourth-order valence-corrected chi connectivity index (χ4v) is 1.96. The number of ether oxygens (including phenoxy) is 2. The predicted molar refractivity (Wildman–Crippen MR) is 72.5 cm³/mol. The summed E-state index contributed by atoms with van der Waals surface area (Å²) >= 11 is 0. The molecule has 0 atom stereocenters. The van der Waals surface area contributed by atoms with Crippen LogP contribution in [-0.4, -0.2) is 32.8 Å². The molecule has 19 heavy (non-hydrogen) atoms. The van der Waals surface area contributed by atoms with E-state index in [0.29, 0.717) is 13.1 Å². The first kappa shape index (κ1) is 13.7. The first-order valence-corrected chi connectivity index (χ1v) is 6.34. The molecule has 1 heterocycles. The molecule has 5 nitrogen and oxygen atoms in total. The molecular formula is C14H20N2O3. The van der Waals surface area contributed by atoms with Crippen molar-refractivity contribution in [1.82, 2.24) is 10.6 Å². The molecule has 0 aliphatic carbocycles. The molecule has 1 aromatic carbocycles. The number of fused-ring (bicyclic) bond motifs is 1. The summed E-state index contributed by atoms with van der Waals surface area (Å²) in [6, 6.07) is 5.90. The number of likely N-dealkylation sites (N-methyl/N-ethyl adjacent to an activating group) is 1. The third-order valence-corrected chi connectivity index (χ3v) is 3.22. The Hall–Kier alpha value is -1.75. The molecule has 0 aromatic heterocycles. The summed E-state index contributed by atoms with van der Waals surface area (Å²) in [6.45, 7) is 5.36. The van der Waals surface area contributed by atoms with Crippen molar-refractivity contribution in [3.8, 4) is 11.5 Å². The summed E-state index contributed by atoms with van der Waals surface area (Å²) in [6.07, 6.45) is 0. The van der Waals surface area contributed by atoms with Gasteiger partial charge in [-0.2, -0.15) is 0 Å². The molecule has 0 bridgehead atoms. The van der Waals surface area contributed by atoms with Crippen molar-refractivity contribution < 1.29 is 14.3 Å². The molecule has 1 aliphatic rings. The summed E-state index contributed by atoms with van der Waals surface area (Å²) < 4.78 is 10.7. The van der Waals surface area contributed by atoms with E-state index in [-0.39, 0.29) is 18.1 Å². The second-order valence-electron chi connectivity index (χ2n) is 5.26. The summed E-state index contributed by atoms with van der Waals surface area (Å²) in [7, 11) is 1.75. The minimum atomic E-state index is -0.162. The van der Waals surface area contributed by atoms with Crippen molar-refractivity contribution >= 4 is 5.91 Å². The second-order valence-corrected chi connectivity index (χ2v) is 5.26. The number of benzene rings is 1. The standard InChI is InChI=1S/C14H20N2O3/c1-14(2,8-16-13(17)7-15-3)10-4-5-11-12(6-10)19-9-18-11/h4-6,15H,7-9H2,1-3H3,(H,16,17). The molecule has 1 aromatic rings. The maximum Gasteiger partial charge on any atom is 0.233 e. The smallest absolute Gasteiger partial charge is 0.233 e. The fourth-order valence-electron chi connectivity index (χ4n) is 1.96. The van der Waals surface area contributed by atoms with E-state index in [4.69, 9.17) is 9.47 Å². The van der Waals surface area contributed by atoms with Crippen LogP contribution in [0.25, 0.3) is 0 Å². The van der Waals surface area contributed by atoms with E-state index >= 15 is 0 Å². The Morgan fingerprint density at radius 2 is 2.05 bits per heavy atom. The molecule has 0 saturated heterocycles. The van der Waals surface area contributed by atoms with Gasteiger partial charge in [-0.3, -0.25) is 4.79 Å². The summed E-state index contributed by atoms with van der Waals surface area (Å²) in [5, 5.41) is 5.75. The van der Waals surface area contributed by atoms with Gasteiger partial charge >= 0.3 is 0 Å². The van der Waals surface area contributed by atoms with Crippen LogP contribution in [0.2, 0.25) is 0 Å². The highest BCUT2D eigenvalue weighted by Gasteiger charge is 2.24. The maximum atomic E-state index is 11.5. The lowest BCUT2D eigenvalue weighted by Gasteiger charge is -2.26. The van der Waals surface area contributed by atoms with Crippen LogP contribution >= 0.6 is 0 Å². The lowest BCUT2D eigenvalue weighted by molar-refractivity contribution is -0.120. The van der Waals surface area contributed by atoms with Gasteiger partial charge in [-0.05, 0) is 24.7 Å². The molecule has 2 rings (SSSR count). The Bertz CT molecular complexity index is 472. The van der Waals surface area contributed by atoms with Gasteiger partial charge in [-0.15, -0.1) is 0 Å². The Kier molecular flexibility index (Phi) is 3.95. The van der Waals surface area contributed by atoms with Gasteiger partial charge in [0.15, 0.2) is 11.5 Å². The molecule has 0 saturated carbocycles. The van der Waals surface area contributed by atoms with Gasteiger partial charge in [-0.25, -0.2) is 0 Å². The Morgan fingerprint density at radius 1 is 1.32 bits per heavy atom. The minimum Gasteiger partial charge on any atom is -0.454 e. The average Bonchev–Trinajstić information content (AvgIpc) is 2.84. The Labute approximate surface area is 113 Å². The topological polar surface area (TPSA) is 59.6 Å². The minimum absolute atomic E-state index is 0.00341. The van der Waals surface area contributed by atoms with Crippen LogP contribution in [0.4, 0.5) is 0 Å². The van der Waals surface area contributed by atoms with Crippen molar-refractivity contribution in [3.05, 3.63) is 23.8 Å². The van der Waals surface area contributed by atoms with Crippen molar-refractivity contribution in [1.29, 1.82) is 0 Å². The Balaban J connectivity index is 2.04. The van der Waals surface area contributed by atoms with Crippen LogP contribution in [0.5, 0.6) is 11.5 Å². The average molecular weight is 264 g/mol. The molecule has 104 valence electrons. The van der Waals surface area contributed by atoms with E-state index in [9.17, 15) is 4.79 Å². The van der Waals surface area contributed by atoms with Gasteiger partial charge in [-0.1, -0.05) is 19.9 Å². The molecule has 2 N–H and O–H groups in total. The van der Waals surface area contributed by atoms with E-state index in [2.05, 4.69) is 24.5 Å². The van der Waals surface area contributed by atoms with Gasteiger partial charge in [0.1, 0.15) is 0 Å². The lowest BCUT2D eigenvalue weighted by Crippen LogP contribution is -2.40. The highest BCUT2D eigenvalue weighted by molar-refractivity contribution is 5.78. The van der Waals surface area contributed by atoms with E-state index in [1.807, 2.05) is 18.2 Å². The van der Waals surface area contributed by atoms with Crippen molar-refractivity contribution in [2.24, 2.45) is 0 Å². The zero-order valence-electron chi connectivity index (χ0n) is 11.6. The van der Waals surface area contributed by atoms with E-state index in [1.54, 1.807) is 7.05 Å². The number of carbonyl (C=O) groups is 1. The number of nitrogens with one attached hydrogen (secondary N) is 2. The van der Waals surface area contributed by atoms with Crippen LogP contribution in [0.1, 0.15) is 19.4 Å². The molecule has 0 unspecified atom stereocenters. The van der Waals surface area contributed by atoms with E-state index < -0.39 is 0 Å². The predicted octanol–water partition coefficient (Wildman–Crippen LogP) is 1.03. The monoisotopic (exact) mass is 264 g/mol. The van der Waals surface area contributed by atoms with E-state index in [0.717, 1.165) is 17.1 Å². The van der Waals surface area contributed by atoms with Crippen LogP contribution in [0.3, 0.4) is 0 Å². The molecule has 1 aliphatic heterocycles. The normalized spacial score (nSPS) is 13.4. The third-order valence-electron chi connectivity index (χ3n) is 3.22. The largest absolute Gasteiger partial charge is 0.454 e. The molecule has 0 fully saturated rings. The molecule has 5 heteroatoms. The van der Waals surface area contributed by atoms with Gasteiger partial charge in [0.05, 0.1) is 6.54 Å². The number of hydrogen-bond acceptors (Lipinski definition) is 4. The van der Waals surface area contributed by atoms with Crippen LogP contribution in [0, 0.1) is 0 Å². The SMILES string of the molecule is CNCC(=O)NCC(C)(C)c1ccc2c(c1)OCO2. The zero-order chi connectivity index (χ0) is 13.9. The summed E-state index contributed by atoms with van der Waals surface area (Å²) in [5.74, 6) is 1.54. The van der Waals surface area contributed by atoms with Crippen LogP contribution in [0.15, 0.2) is 18.2 Å². The van der Waals surface area contributed by atoms with Gasteiger partial charge in [0.2, 0.25) is 12.7 Å². The van der Waals surface area contributed by atoms with E-state index in [1.165, 1.54) is 0 Å². The molecular weight excluding hydrogens is 244 g/mol. The molecule has 1 amide bonds. The summed E-state index contributed by atoms with van der Waals surface area (Å²) in [4.78, 5) is 11.5. The number of rotatable bonds is 5. The number of hydrogen-bond donors (Lipinski definition) is 2. The first-order chi connectivity index (χ1) is 9.03. The Morgan fingerprint density at radius 3 is 2.79 bits per heavy atom. The highest BCUT2D eigenvalue weighted by Crippen LogP contribution is 2.36. The first-order valence-electron chi connectivity index (χ1n) is 6.34. The third kappa shape index (κ3) is 3.17.